The summed E-state index contributed by atoms with van der Waals surface area (Å²) in [5.74, 6) is -1.19. The first-order chi connectivity index (χ1) is 31.6. The smallest absolute Gasteiger partial charge is 0.333 e. The van der Waals surface area contributed by atoms with Gasteiger partial charge in [0.05, 0.1) is 20.8 Å². The van der Waals surface area contributed by atoms with Gasteiger partial charge in [0.2, 0.25) is 0 Å². The van der Waals surface area contributed by atoms with Crippen LogP contribution in [0.1, 0.15) is 134 Å². The Balaban J connectivity index is 1.54. The van der Waals surface area contributed by atoms with Crippen molar-refractivity contribution in [1.82, 2.24) is 0 Å². The van der Waals surface area contributed by atoms with Crippen molar-refractivity contribution in [2.24, 2.45) is 23.2 Å². The van der Waals surface area contributed by atoms with Crippen LogP contribution in [0, 0.1) is 23.2 Å². The molecule has 0 saturated heterocycles. The summed E-state index contributed by atoms with van der Waals surface area (Å²) in [5.41, 5.74) is 2.90. The maximum atomic E-state index is 12.7. The fourth-order valence-electron chi connectivity index (χ4n) is 8.92. The highest BCUT2D eigenvalue weighted by Gasteiger charge is 2.38. The number of benzene rings is 2. The maximum Gasteiger partial charge on any atom is 0.333 e. The van der Waals surface area contributed by atoms with E-state index in [4.69, 9.17) is 23.7 Å². The highest BCUT2D eigenvalue weighted by molar-refractivity contribution is 5.91. The van der Waals surface area contributed by atoms with E-state index in [-0.39, 0.29) is 24.4 Å². The van der Waals surface area contributed by atoms with Gasteiger partial charge in [0, 0.05) is 11.1 Å². The highest BCUT2D eigenvalue weighted by atomic mass is 16.6. The topological polar surface area (TPSA) is 167 Å². The summed E-state index contributed by atoms with van der Waals surface area (Å²) in [7, 11) is 2.25. The third-order valence-electron chi connectivity index (χ3n) is 13.0. The van der Waals surface area contributed by atoms with Crippen LogP contribution in [0.2, 0.25) is 0 Å². The molecule has 0 spiro atoms. The van der Waals surface area contributed by atoms with Gasteiger partial charge in [0.25, 0.3) is 0 Å². The zero-order valence-electron chi connectivity index (χ0n) is 39.9. The van der Waals surface area contributed by atoms with E-state index in [2.05, 4.69) is 53.8 Å². The van der Waals surface area contributed by atoms with Gasteiger partial charge >= 0.3 is 35.8 Å². The summed E-state index contributed by atoms with van der Waals surface area (Å²) in [6, 6.07) is 14.5. The van der Waals surface area contributed by atoms with Gasteiger partial charge in [0.15, 0.2) is 0 Å². The summed E-state index contributed by atoms with van der Waals surface area (Å²) in [4.78, 5) is 73.9. The molecule has 0 aliphatic heterocycles. The van der Waals surface area contributed by atoms with Crippen molar-refractivity contribution in [2.75, 3.05) is 47.3 Å². The number of ether oxygens (including phenoxy) is 7. The Labute approximate surface area is 391 Å². The van der Waals surface area contributed by atoms with Crippen LogP contribution in [0.4, 0.5) is 0 Å². The third kappa shape index (κ3) is 17.4. The number of carbonyl (C=O) groups is 6. The first-order valence-electron chi connectivity index (χ1n) is 23.6. The number of methoxy groups -OCH3 is 2. The van der Waals surface area contributed by atoms with Crippen molar-refractivity contribution < 1.29 is 61.9 Å². The quantitative estimate of drug-likeness (QED) is 0.0288. The van der Waals surface area contributed by atoms with E-state index in [1.807, 2.05) is 12.1 Å². The predicted molar refractivity (Wildman–Crippen MR) is 249 cm³/mol. The monoisotopic (exact) mass is 916 g/mol. The van der Waals surface area contributed by atoms with Crippen LogP contribution in [0.5, 0.6) is 5.75 Å². The normalized spacial score (nSPS) is 18.3. The van der Waals surface area contributed by atoms with Crippen molar-refractivity contribution >= 4 is 35.8 Å². The molecule has 2 aliphatic rings. The summed E-state index contributed by atoms with van der Waals surface area (Å²) in [6.07, 6.45) is 15.6. The largest absolute Gasteiger partial charge is 0.492 e. The lowest BCUT2D eigenvalue weighted by atomic mass is 9.68. The number of hydrogen-bond donors (Lipinski definition) is 0. The molecule has 0 amide bonds. The zero-order valence-corrected chi connectivity index (χ0v) is 39.9. The molecule has 0 aromatic heterocycles. The van der Waals surface area contributed by atoms with Gasteiger partial charge in [-0.15, -0.1) is 0 Å². The first-order valence-corrected chi connectivity index (χ1v) is 23.6. The van der Waals surface area contributed by atoms with Crippen LogP contribution in [-0.4, -0.2) is 83.1 Å². The Morgan fingerprint density at radius 2 is 1.14 bits per heavy atom. The van der Waals surface area contributed by atoms with Gasteiger partial charge in [-0.2, -0.15) is 0 Å². The van der Waals surface area contributed by atoms with Gasteiger partial charge < -0.3 is 33.2 Å². The lowest BCUT2D eigenvalue weighted by Crippen LogP contribution is -2.44. The molecule has 2 saturated carbocycles. The SMILES string of the molecule is C=C(C)C(=O)OCCCc1cc(-c2ccc(C3CCC(C4CCC(CCCCC)CC4)CC3)cc2)ccc1OCC(COC(=O)CC(=O)OC)(COC(=O)CC(=O)OC)COC(=O)C(=C)C. The Morgan fingerprint density at radius 3 is 1.68 bits per heavy atom. The summed E-state index contributed by atoms with van der Waals surface area (Å²) in [5, 5.41) is 0. The number of hydrogen-bond acceptors (Lipinski definition) is 13. The standard InChI is InChI=1S/C53H72O13/c1-8-9-10-12-38-14-16-39(17-15-38)40-18-20-41(21-19-40)42-22-24-43(25-23-42)44-26-27-46(45(29-44)13-11-28-62-51(58)36(2)3)63-32-53(35-66-52(59)37(4)5,33-64-49(56)30-47(54)60-6)34-65-50(57)31-48(55)61-7/h22-27,29,38-41H,2,4,8-21,28,30-35H2,1,3,5-7H3. The van der Waals surface area contributed by atoms with Crippen molar-refractivity contribution in [2.45, 2.75) is 129 Å². The molecule has 362 valence electrons. The fraction of sp³-hybridized carbons (Fsp3) is 0.585. The number of unbranched alkanes of at least 4 members (excludes halogenated alkanes) is 2. The molecule has 0 radical (unpaired) electrons. The van der Waals surface area contributed by atoms with Crippen molar-refractivity contribution in [1.29, 1.82) is 0 Å². The van der Waals surface area contributed by atoms with Crippen LogP contribution in [0.3, 0.4) is 0 Å². The van der Waals surface area contributed by atoms with E-state index in [9.17, 15) is 28.8 Å². The van der Waals surface area contributed by atoms with Crippen LogP contribution in [-0.2, 0) is 63.6 Å². The minimum atomic E-state index is -1.54. The molecule has 13 heteroatoms. The van der Waals surface area contributed by atoms with Crippen molar-refractivity contribution in [3.8, 4) is 16.9 Å². The maximum absolute atomic E-state index is 12.7. The Hall–Kier alpha value is -5.46. The fourth-order valence-corrected chi connectivity index (χ4v) is 8.92. The summed E-state index contributed by atoms with van der Waals surface area (Å²) in [6.45, 7) is 10.8. The van der Waals surface area contributed by atoms with E-state index in [0.717, 1.165) is 48.7 Å². The molecule has 2 aliphatic carbocycles. The molecule has 0 heterocycles. The second-order valence-electron chi connectivity index (χ2n) is 18.3. The molecule has 66 heavy (non-hydrogen) atoms. The van der Waals surface area contributed by atoms with Crippen molar-refractivity contribution in [3.05, 3.63) is 77.9 Å². The molecular formula is C53H72O13. The molecule has 0 bridgehead atoms. The third-order valence-corrected chi connectivity index (χ3v) is 13.0. The van der Waals surface area contributed by atoms with Crippen LogP contribution in [0.25, 0.3) is 11.1 Å². The zero-order chi connectivity index (χ0) is 48.1. The van der Waals surface area contributed by atoms with Gasteiger partial charge in [-0.3, -0.25) is 19.2 Å². The number of carbonyl (C=O) groups excluding carboxylic acids is 6. The van der Waals surface area contributed by atoms with E-state index in [1.54, 1.807) is 13.0 Å². The van der Waals surface area contributed by atoms with E-state index < -0.39 is 73.9 Å². The molecule has 2 aromatic carbocycles. The average Bonchev–Trinajstić information content (AvgIpc) is 3.32. The van der Waals surface area contributed by atoms with E-state index in [0.29, 0.717) is 24.5 Å². The minimum Gasteiger partial charge on any atom is -0.492 e. The van der Waals surface area contributed by atoms with E-state index in [1.165, 1.54) is 89.5 Å². The molecule has 0 atom stereocenters. The van der Waals surface area contributed by atoms with Crippen LogP contribution >= 0.6 is 0 Å². The Bertz CT molecular complexity index is 1920. The highest BCUT2D eigenvalue weighted by Crippen LogP contribution is 2.45. The first kappa shape index (κ1) is 53.2. The predicted octanol–water partition coefficient (Wildman–Crippen LogP) is 9.76. The molecule has 13 nitrogen and oxygen atoms in total. The minimum absolute atomic E-state index is 0.0847. The Kier molecular flexibility index (Phi) is 21.9. The van der Waals surface area contributed by atoms with Gasteiger partial charge in [-0.1, -0.05) is 88.9 Å². The lowest BCUT2D eigenvalue weighted by Gasteiger charge is -2.38. The molecule has 2 aromatic rings. The van der Waals surface area contributed by atoms with Crippen LogP contribution in [0.15, 0.2) is 66.8 Å². The number of rotatable bonds is 26. The van der Waals surface area contributed by atoms with Gasteiger partial charge in [-0.25, -0.2) is 9.59 Å². The second-order valence-corrected chi connectivity index (χ2v) is 18.3. The van der Waals surface area contributed by atoms with Gasteiger partial charge in [0.1, 0.15) is 50.4 Å². The Morgan fingerprint density at radius 1 is 0.606 bits per heavy atom. The summed E-state index contributed by atoms with van der Waals surface area (Å²) >= 11 is 0. The lowest BCUT2D eigenvalue weighted by molar-refractivity contribution is -0.165. The van der Waals surface area contributed by atoms with Gasteiger partial charge in [-0.05, 0) is 123 Å². The molecule has 0 N–H and O–H groups in total. The summed E-state index contributed by atoms with van der Waals surface area (Å²) < 4.78 is 37.4. The molecule has 4 rings (SSSR count). The molecule has 0 unspecified atom stereocenters. The second kappa shape index (κ2) is 27.2. The van der Waals surface area contributed by atoms with Crippen LogP contribution < -0.4 is 4.74 Å². The number of esters is 6. The molecular weight excluding hydrogens is 845 g/mol. The van der Waals surface area contributed by atoms with E-state index >= 15 is 0 Å². The molecule has 2 fully saturated rings. The number of aryl methyl sites for hydroxylation is 1. The van der Waals surface area contributed by atoms with Crippen molar-refractivity contribution in [3.63, 3.8) is 0 Å². The average molecular weight is 917 g/mol.